The molecule has 6 nitrogen and oxygen atoms in total. The number of ether oxygens (including phenoxy) is 1. The standard InChI is InChI=1S/C15H16N2O4/c18-12-5-1-2-6-14(12)21-13-8-7-11(17(19)20)15-10(13)4-3-9-16-15/h3-4,7-9,12,14,18H,1-2,5-6H2/t12-,14-/m0/s1. The molecule has 110 valence electrons. The van der Waals surface area contributed by atoms with Gasteiger partial charge in [-0.2, -0.15) is 0 Å². The van der Waals surface area contributed by atoms with Crippen LogP contribution in [0, 0.1) is 10.1 Å². The number of nitro groups is 1. The molecule has 0 spiro atoms. The quantitative estimate of drug-likeness (QED) is 0.693. The topological polar surface area (TPSA) is 85.5 Å². The Morgan fingerprint density at radius 1 is 1.29 bits per heavy atom. The number of pyridine rings is 1. The van der Waals surface area contributed by atoms with Gasteiger partial charge in [-0.15, -0.1) is 0 Å². The van der Waals surface area contributed by atoms with Gasteiger partial charge in [0.25, 0.3) is 5.69 Å². The van der Waals surface area contributed by atoms with E-state index in [1.807, 2.05) is 0 Å². The second-order valence-corrected chi connectivity index (χ2v) is 5.25. The molecule has 1 aromatic carbocycles. The predicted octanol–water partition coefficient (Wildman–Crippen LogP) is 2.83. The summed E-state index contributed by atoms with van der Waals surface area (Å²) in [6.45, 7) is 0. The number of rotatable bonds is 3. The van der Waals surface area contributed by atoms with Crippen molar-refractivity contribution in [1.82, 2.24) is 4.98 Å². The van der Waals surface area contributed by atoms with Crippen molar-refractivity contribution in [3.63, 3.8) is 0 Å². The van der Waals surface area contributed by atoms with Crippen LogP contribution in [0.3, 0.4) is 0 Å². The summed E-state index contributed by atoms with van der Waals surface area (Å²) in [4.78, 5) is 14.7. The molecule has 1 aliphatic rings. The van der Waals surface area contributed by atoms with Crippen LogP contribution in [0.4, 0.5) is 5.69 Å². The van der Waals surface area contributed by atoms with Crippen molar-refractivity contribution in [2.24, 2.45) is 0 Å². The molecule has 0 bridgehead atoms. The molecule has 2 aromatic rings. The van der Waals surface area contributed by atoms with Crippen molar-refractivity contribution in [2.45, 2.75) is 37.9 Å². The van der Waals surface area contributed by atoms with E-state index in [9.17, 15) is 15.2 Å². The molecule has 1 aromatic heterocycles. The molecule has 21 heavy (non-hydrogen) atoms. The van der Waals surface area contributed by atoms with Gasteiger partial charge in [0.15, 0.2) is 5.52 Å². The van der Waals surface area contributed by atoms with E-state index in [4.69, 9.17) is 4.74 Å². The molecule has 1 saturated carbocycles. The summed E-state index contributed by atoms with van der Waals surface area (Å²) in [7, 11) is 0. The molecule has 0 radical (unpaired) electrons. The average Bonchev–Trinajstić information content (AvgIpc) is 2.49. The maximum absolute atomic E-state index is 11.1. The van der Waals surface area contributed by atoms with Crippen molar-refractivity contribution < 1.29 is 14.8 Å². The number of hydrogen-bond acceptors (Lipinski definition) is 5. The van der Waals surface area contributed by atoms with Crippen LogP contribution in [0.1, 0.15) is 25.7 Å². The number of aromatic nitrogens is 1. The van der Waals surface area contributed by atoms with Gasteiger partial charge in [0.2, 0.25) is 0 Å². The van der Waals surface area contributed by atoms with E-state index in [1.165, 1.54) is 12.3 Å². The Morgan fingerprint density at radius 3 is 2.86 bits per heavy atom. The summed E-state index contributed by atoms with van der Waals surface area (Å²) in [5, 5.41) is 21.7. The minimum atomic E-state index is -0.485. The smallest absolute Gasteiger partial charge is 0.295 e. The molecule has 0 saturated heterocycles. The molecule has 1 heterocycles. The van der Waals surface area contributed by atoms with Crippen LogP contribution >= 0.6 is 0 Å². The molecular formula is C15H16N2O4. The normalized spacial score (nSPS) is 22.1. The number of non-ortho nitro benzene ring substituents is 1. The number of hydrogen-bond donors (Lipinski definition) is 1. The molecule has 0 unspecified atom stereocenters. The van der Waals surface area contributed by atoms with Gasteiger partial charge < -0.3 is 9.84 Å². The maximum Gasteiger partial charge on any atom is 0.295 e. The van der Waals surface area contributed by atoms with E-state index in [1.54, 1.807) is 18.2 Å². The van der Waals surface area contributed by atoms with Gasteiger partial charge in [-0.25, -0.2) is 4.98 Å². The van der Waals surface area contributed by atoms with Crippen LogP contribution in [0.5, 0.6) is 5.75 Å². The molecule has 2 atom stereocenters. The van der Waals surface area contributed by atoms with E-state index in [2.05, 4.69) is 4.98 Å². The first-order valence-electron chi connectivity index (χ1n) is 7.03. The lowest BCUT2D eigenvalue weighted by Gasteiger charge is -2.28. The maximum atomic E-state index is 11.1. The fourth-order valence-corrected chi connectivity index (χ4v) is 2.76. The van der Waals surface area contributed by atoms with Crippen LogP contribution in [0.25, 0.3) is 10.9 Å². The van der Waals surface area contributed by atoms with Crippen molar-refractivity contribution in [2.75, 3.05) is 0 Å². The third-order valence-electron chi connectivity index (χ3n) is 3.85. The Morgan fingerprint density at radius 2 is 2.10 bits per heavy atom. The molecule has 3 rings (SSSR count). The minimum absolute atomic E-state index is 0.0397. The predicted molar refractivity (Wildman–Crippen MR) is 77.3 cm³/mol. The van der Waals surface area contributed by atoms with E-state index in [0.29, 0.717) is 16.7 Å². The zero-order valence-corrected chi connectivity index (χ0v) is 11.4. The highest BCUT2D eigenvalue weighted by Gasteiger charge is 2.26. The first-order valence-corrected chi connectivity index (χ1v) is 7.03. The van der Waals surface area contributed by atoms with Gasteiger partial charge in [0.05, 0.1) is 11.0 Å². The molecule has 6 heteroatoms. The Bertz CT molecular complexity index is 674. The Hall–Kier alpha value is -2.21. The van der Waals surface area contributed by atoms with Crippen LogP contribution in [-0.4, -0.2) is 27.2 Å². The van der Waals surface area contributed by atoms with Gasteiger partial charge in [-0.1, -0.05) is 6.42 Å². The van der Waals surface area contributed by atoms with Gasteiger partial charge in [-0.05, 0) is 37.5 Å². The van der Waals surface area contributed by atoms with E-state index < -0.39 is 11.0 Å². The summed E-state index contributed by atoms with van der Waals surface area (Å²) < 4.78 is 5.90. The number of nitro benzene ring substituents is 1. The highest BCUT2D eigenvalue weighted by molar-refractivity contribution is 5.92. The SMILES string of the molecule is O=[N+]([O-])c1ccc(O[C@H]2CCCC[C@@H]2O)c2cccnc12. The third kappa shape index (κ3) is 2.67. The van der Waals surface area contributed by atoms with Gasteiger partial charge in [-0.3, -0.25) is 10.1 Å². The van der Waals surface area contributed by atoms with Gasteiger partial charge >= 0.3 is 0 Å². The van der Waals surface area contributed by atoms with Crippen molar-refractivity contribution >= 4 is 16.6 Å². The summed E-state index contributed by atoms with van der Waals surface area (Å²) >= 11 is 0. The van der Waals surface area contributed by atoms with Gasteiger partial charge in [0, 0.05) is 17.6 Å². The van der Waals surface area contributed by atoms with Crippen LogP contribution < -0.4 is 4.74 Å². The first kappa shape index (κ1) is 13.8. The number of fused-ring (bicyclic) bond motifs is 1. The Labute approximate surface area is 121 Å². The zero-order valence-electron chi connectivity index (χ0n) is 11.4. The fraction of sp³-hybridized carbons (Fsp3) is 0.400. The lowest BCUT2D eigenvalue weighted by molar-refractivity contribution is -0.383. The van der Waals surface area contributed by atoms with Gasteiger partial charge in [0.1, 0.15) is 11.9 Å². The lowest BCUT2D eigenvalue weighted by Crippen LogP contribution is -2.34. The third-order valence-corrected chi connectivity index (χ3v) is 3.85. The van der Waals surface area contributed by atoms with Crippen molar-refractivity contribution in [3.05, 3.63) is 40.6 Å². The minimum Gasteiger partial charge on any atom is -0.487 e. The van der Waals surface area contributed by atoms with E-state index in [0.717, 1.165) is 25.7 Å². The monoisotopic (exact) mass is 288 g/mol. The average molecular weight is 288 g/mol. The van der Waals surface area contributed by atoms with Crippen LogP contribution in [0.15, 0.2) is 30.5 Å². The summed E-state index contributed by atoms with van der Waals surface area (Å²) in [5.74, 6) is 0.537. The molecule has 1 N–H and O–H groups in total. The lowest BCUT2D eigenvalue weighted by atomic mass is 9.95. The molecule has 0 amide bonds. The number of benzene rings is 1. The molecule has 1 fully saturated rings. The second kappa shape index (κ2) is 5.65. The molecule has 0 aliphatic heterocycles. The second-order valence-electron chi connectivity index (χ2n) is 5.25. The van der Waals surface area contributed by atoms with E-state index >= 15 is 0 Å². The van der Waals surface area contributed by atoms with Crippen LogP contribution in [-0.2, 0) is 0 Å². The van der Waals surface area contributed by atoms with Crippen molar-refractivity contribution in [1.29, 1.82) is 0 Å². The summed E-state index contributed by atoms with van der Waals surface area (Å²) in [6, 6.07) is 6.46. The van der Waals surface area contributed by atoms with Crippen LogP contribution in [0.2, 0.25) is 0 Å². The van der Waals surface area contributed by atoms with E-state index in [-0.39, 0.29) is 11.8 Å². The zero-order chi connectivity index (χ0) is 14.8. The Kier molecular flexibility index (Phi) is 3.70. The number of aliphatic hydroxyl groups excluding tert-OH is 1. The Balaban J connectivity index is 1.99. The highest BCUT2D eigenvalue weighted by Crippen LogP contribution is 2.33. The fourth-order valence-electron chi connectivity index (χ4n) is 2.76. The molecular weight excluding hydrogens is 272 g/mol. The summed E-state index contributed by atoms with van der Waals surface area (Å²) in [5.41, 5.74) is 0.271. The molecule has 1 aliphatic carbocycles. The first-order chi connectivity index (χ1) is 10.2. The highest BCUT2D eigenvalue weighted by atomic mass is 16.6. The number of nitrogens with zero attached hydrogens (tertiary/aromatic N) is 2. The summed E-state index contributed by atoms with van der Waals surface area (Å²) in [6.07, 6.45) is 4.32. The van der Waals surface area contributed by atoms with Crippen molar-refractivity contribution in [3.8, 4) is 5.75 Å². The number of aliphatic hydroxyl groups is 1. The largest absolute Gasteiger partial charge is 0.487 e.